The van der Waals surface area contributed by atoms with Crippen molar-refractivity contribution in [3.05, 3.63) is 64.1 Å². The van der Waals surface area contributed by atoms with Crippen molar-refractivity contribution < 1.29 is 22.9 Å². The lowest BCUT2D eigenvalue weighted by Crippen LogP contribution is -2.47. The summed E-state index contributed by atoms with van der Waals surface area (Å²) in [5, 5.41) is 9.01. The highest BCUT2D eigenvalue weighted by Crippen LogP contribution is 2.27. The second kappa shape index (κ2) is 9.51. The quantitative estimate of drug-likeness (QED) is 0.577. The van der Waals surface area contributed by atoms with Crippen molar-refractivity contribution in [3.8, 4) is 0 Å². The number of piperidine rings is 1. The third kappa shape index (κ3) is 6.30. The van der Waals surface area contributed by atoms with Crippen molar-refractivity contribution in [3.63, 3.8) is 0 Å². The van der Waals surface area contributed by atoms with Gasteiger partial charge < -0.3 is 15.7 Å². The largest absolute Gasteiger partial charge is 0.465 e. The third-order valence-electron chi connectivity index (χ3n) is 4.55. The highest BCUT2D eigenvalue weighted by atomic mass is 79.9. The van der Waals surface area contributed by atoms with Crippen LogP contribution < -0.4 is 5.73 Å². The van der Waals surface area contributed by atoms with Crippen LogP contribution in [-0.4, -0.2) is 48.2 Å². The molecule has 1 fully saturated rings. The van der Waals surface area contributed by atoms with Crippen LogP contribution in [0.1, 0.15) is 23.5 Å². The fourth-order valence-electron chi connectivity index (χ4n) is 2.92. The minimum atomic E-state index is -4.02. The second-order valence-electron chi connectivity index (χ2n) is 6.63. The summed E-state index contributed by atoms with van der Waals surface area (Å²) >= 11 is 3.38. The summed E-state index contributed by atoms with van der Waals surface area (Å²) < 4.78 is 30.6. The summed E-state index contributed by atoms with van der Waals surface area (Å²) in [7, 11) is -4.02. The van der Waals surface area contributed by atoms with Crippen LogP contribution in [0.15, 0.2) is 57.9 Å². The number of carbonyl (C=O) groups is 1. The molecule has 1 amide bonds. The first kappa shape index (κ1) is 22.4. The van der Waals surface area contributed by atoms with Gasteiger partial charge in [0.05, 0.1) is 4.90 Å². The standard InChI is InChI=1S/C12H15BrN2O2.C7H8O3S/c13-9-3-1-8(2-4-9)10-7-15(12(16)17)6-5-11(10)14;1-6-2-4-7(5-3-6)11(8,9)10/h1-4,10-11H,5-7,14H2,(H,16,17);2-5H,1H3,(H,8,9,10). The number of benzene rings is 2. The van der Waals surface area contributed by atoms with E-state index in [1.165, 1.54) is 17.0 Å². The molecule has 3 rings (SSSR count). The van der Waals surface area contributed by atoms with Gasteiger partial charge in [-0.25, -0.2) is 4.79 Å². The molecule has 7 nitrogen and oxygen atoms in total. The van der Waals surface area contributed by atoms with Gasteiger partial charge in [-0.15, -0.1) is 0 Å². The van der Waals surface area contributed by atoms with Gasteiger partial charge in [-0.05, 0) is 43.2 Å². The Hall–Kier alpha value is -1.94. The van der Waals surface area contributed by atoms with Gasteiger partial charge >= 0.3 is 6.09 Å². The van der Waals surface area contributed by atoms with E-state index < -0.39 is 16.2 Å². The van der Waals surface area contributed by atoms with Crippen LogP contribution in [0.2, 0.25) is 0 Å². The molecule has 4 N–H and O–H groups in total. The summed E-state index contributed by atoms with van der Waals surface area (Å²) in [6.07, 6.45) is -0.147. The zero-order valence-electron chi connectivity index (χ0n) is 15.3. The zero-order chi connectivity index (χ0) is 20.9. The van der Waals surface area contributed by atoms with Gasteiger partial charge in [0, 0.05) is 29.5 Å². The van der Waals surface area contributed by atoms with Crippen LogP contribution in [0.25, 0.3) is 0 Å². The zero-order valence-corrected chi connectivity index (χ0v) is 17.7. The highest BCUT2D eigenvalue weighted by molar-refractivity contribution is 9.10. The molecular weight excluding hydrogens is 448 g/mol. The lowest BCUT2D eigenvalue weighted by Gasteiger charge is -2.35. The molecule has 2 aromatic carbocycles. The average molecular weight is 471 g/mol. The van der Waals surface area contributed by atoms with Crippen molar-refractivity contribution in [2.75, 3.05) is 13.1 Å². The van der Waals surface area contributed by atoms with E-state index in [0.29, 0.717) is 19.5 Å². The van der Waals surface area contributed by atoms with E-state index >= 15 is 0 Å². The highest BCUT2D eigenvalue weighted by Gasteiger charge is 2.30. The molecule has 152 valence electrons. The molecular formula is C19H23BrN2O5S. The topological polar surface area (TPSA) is 121 Å². The number of aryl methyl sites for hydroxylation is 1. The molecule has 0 saturated carbocycles. The molecule has 0 radical (unpaired) electrons. The van der Waals surface area contributed by atoms with Crippen LogP contribution in [0, 0.1) is 6.92 Å². The molecule has 1 heterocycles. The lowest BCUT2D eigenvalue weighted by molar-refractivity contribution is 0.126. The normalized spacial score (nSPS) is 19.5. The summed E-state index contributed by atoms with van der Waals surface area (Å²) in [5.41, 5.74) is 8.14. The van der Waals surface area contributed by atoms with Crippen molar-refractivity contribution in [2.24, 2.45) is 5.73 Å². The van der Waals surface area contributed by atoms with Crippen LogP contribution in [-0.2, 0) is 10.1 Å². The first-order chi connectivity index (χ1) is 13.1. The molecule has 2 aromatic rings. The molecule has 0 aliphatic carbocycles. The first-order valence-electron chi connectivity index (χ1n) is 8.61. The maximum Gasteiger partial charge on any atom is 0.407 e. The van der Waals surface area contributed by atoms with E-state index in [9.17, 15) is 13.2 Å². The summed E-state index contributed by atoms with van der Waals surface area (Å²) in [4.78, 5) is 12.3. The Bertz CT molecular complexity index is 901. The number of hydrogen-bond donors (Lipinski definition) is 3. The van der Waals surface area contributed by atoms with E-state index in [1.807, 2.05) is 31.2 Å². The van der Waals surface area contributed by atoms with E-state index in [0.717, 1.165) is 15.6 Å². The van der Waals surface area contributed by atoms with Crippen molar-refractivity contribution >= 4 is 32.1 Å². The average Bonchev–Trinajstić information content (AvgIpc) is 2.63. The molecule has 2 atom stereocenters. The van der Waals surface area contributed by atoms with Crippen LogP contribution >= 0.6 is 15.9 Å². The summed E-state index contributed by atoms with van der Waals surface area (Å²) in [6, 6.07) is 13.9. The van der Waals surface area contributed by atoms with Gasteiger partial charge in [0.1, 0.15) is 0 Å². The van der Waals surface area contributed by atoms with Gasteiger partial charge in [-0.1, -0.05) is 45.8 Å². The minimum absolute atomic E-state index is 0.0341. The van der Waals surface area contributed by atoms with E-state index in [-0.39, 0.29) is 16.9 Å². The molecule has 28 heavy (non-hydrogen) atoms. The van der Waals surface area contributed by atoms with E-state index in [2.05, 4.69) is 15.9 Å². The molecule has 1 aliphatic rings. The monoisotopic (exact) mass is 470 g/mol. The van der Waals surface area contributed by atoms with Gasteiger partial charge in [0.25, 0.3) is 10.1 Å². The summed E-state index contributed by atoms with van der Waals surface area (Å²) in [5.74, 6) is 0.0907. The smallest absolute Gasteiger partial charge is 0.407 e. The number of carboxylic acid groups (broad SMARTS) is 1. The van der Waals surface area contributed by atoms with Gasteiger partial charge in [0.15, 0.2) is 0 Å². The van der Waals surface area contributed by atoms with E-state index in [1.54, 1.807) is 12.1 Å². The third-order valence-corrected chi connectivity index (χ3v) is 5.95. The fourth-order valence-corrected chi connectivity index (χ4v) is 3.66. The van der Waals surface area contributed by atoms with E-state index in [4.69, 9.17) is 15.4 Å². The number of nitrogens with two attached hydrogens (primary N) is 1. The minimum Gasteiger partial charge on any atom is -0.465 e. The number of likely N-dealkylation sites (tertiary alicyclic amines) is 1. The van der Waals surface area contributed by atoms with Gasteiger partial charge in [0.2, 0.25) is 0 Å². The second-order valence-corrected chi connectivity index (χ2v) is 8.96. The van der Waals surface area contributed by atoms with Crippen LogP contribution in [0.4, 0.5) is 4.79 Å². The number of nitrogens with zero attached hydrogens (tertiary/aromatic N) is 1. The number of amides is 1. The Kier molecular flexibility index (Phi) is 7.59. The molecule has 9 heteroatoms. The molecule has 0 spiro atoms. The molecule has 0 aromatic heterocycles. The summed E-state index contributed by atoms with van der Waals surface area (Å²) in [6.45, 7) is 2.86. The predicted molar refractivity (Wildman–Crippen MR) is 110 cm³/mol. The SMILES string of the molecule is Cc1ccc(S(=O)(=O)O)cc1.NC1CCN(C(=O)O)CC1c1ccc(Br)cc1. The number of rotatable bonds is 2. The Labute approximate surface area is 173 Å². The lowest BCUT2D eigenvalue weighted by atomic mass is 9.87. The predicted octanol–water partition coefficient (Wildman–Crippen LogP) is 3.49. The number of hydrogen-bond acceptors (Lipinski definition) is 4. The van der Waals surface area contributed by atoms with Crippen LogP contribution in [0.3, 0.4) is 0 Å². The Morgan fingerprint density at radius 3 is 2.21 bits per heavy atom. The number of halogens is 1. The first-order valence-corrected chi connectivity index (χ1v) is 10.8. The Morgan fingerprint density at radius 1 is 1.14 bits per heavy atom. The van der Waals surface area contributed by atoms with Gasteiger partial charge in [-0.2, -0.15) is 8.42 Å². The Morgan fingerprint density at radius 2 is 1.71 bits per heavy atom. The molecule has 0 bridgehead atoms. The molecule has 2 unspecified atom stereocenters. The Balaban J connectivity index is 0.000000221. The molecule has 1 saturated heterocycles. The van der Waals surface area contributed by atoms with Crippen molar-refractivity contribution in [2.45, 2.75) is 30.2 Å². The van der Waals surface area contributed by atoms with Crippen molar-refractivity contribution in [1.82, 2.24) is 4.90 Å². The fraction of sp³-hybridized carbons (Fsp3) is 0.316. The van der Waals surface area contributed by atoms with Crippen molar-refractivity contribution in [1.29, 1.82) is 0 Å². The van der Waals surface area contributed by atoms with Crippen LogP contribution in [0.5, 0.6) is 0 Å². The maximum absolute atomic E-state index is 11.0. The van der Waals surface area contributed by atoms with Gasteiger partial charge in [-0.3, -0.25) is 4.55 Å². The maximum atomic E-state index is 11.0. The molecule has 1 aliphatic heterocycles.